The SMILES string of the molecule is CC(C)Oc1cccc(C(=O)Nc2ccn(CC(=O)O)n2)n1. The van der Waals surface area contributed by atoms with Crippen molar-refractivity contribution in [1.29, 1.82) is 0 Å². The Morgan fingerprint density at radius 2 is 2.14 bits per heavy atom. The normalized spacial score (nSPS) is 10.5. The monoisotopic (exact) mass is 304 g/mol. The summed E-state index contributed by atoms with van der Waals surface area (Å²) >= 11 is 0. The van der Waals surface area contributed by atoms with E-state index in [2.05, 4.69) is 15.4 Å². The smallest absolute Gasteiger partial charge is 0.325 e. The van der Waals surface area contributed by atoms with E-state index in [0.29, 0.717) is 5.88 Å². The summed E-state index contributed by atoms with van der Waals surface area (Å²) in [6.07, 6.45) is 1.42. The number of aromatic nitrogens is 3. The fourth-order valence-electron chi connectivity index (χ4n) is 1.68. The van der Waals surface area contributed by atoms with Gasteiger partial charge in [-0.2, -0.15) is 5.10 Å². The van der Waals surface area contributed by atoms with Gasteiger partial charge in [-0.25, -0.2) is 4.98 Å². The molecule has 0 aliphatic carbocycles. The lowest BCUT2D eigenvalue weighted by Gasteiger charge is -2.09. The van der Waals surface area contributed by atoms with E-state index in [1.165, 1.54) is 16.9 Å². The van der Waals surface area contributed by atoms with Crippen LogP contribution in [-0.2, 0) is 11.3 Å². The first-order valence-electron chi connectivity index (χ1n) is 6.64. The van der Waals surface area contributed by atoms with Gasteiger partial charge in [0.15, 0.2) is 5.82 Å². The largest absolute Gasteiger partial charge is 0.480 e. The summed E-state index contributed by atoms with van der Waals surface area (Å²) in [7, 11) is 0. The lowest BCUT2D eigenvalue weighted by molar-refractivity contribution is -0.137. The maximum absolute atomic E-state index is 12.1. The van der Waals surface area contributed by atoms with Crippen molar-refractivity contribution in [1.82, 2.24) is 14.8 Å². The Balaban J connectivity index is 2.05. The molecule has 0 aliphatic rings. The van der Waals surface area contributed by atoms with Gasteiger partial charge in [-0.15, -0.1) is 0 Å². The Hall–Kier alpha value is -2.90. The highest BCUT2D eigenvalue weighted by Gasteiger charge is 2.11. The van der Waals surface area contributed by atoms with Crippen molar-refractivity contribution in [3.8, 4) is 5.88 Å². The predicted octanol–water partition coefficient (Wildman–Crippen LogP) is 1.40. The minimum Gasteiger partial charge on any atom is -0.480 e. The van der Waals surface area contributed by atoms with E-state index < -0.39 is 11.9 Å². The van der Waals surface area contributed by atoms with Crippen molar-refractivity contribution < 1.29 is 19.4 Å². The number of hydrogen-bond acceptors (Lipinski definition) is 5. The molecule has 8 heteroatoms. The first kappa shape index (κ1) is 15.5. The van der Waals surface area contributed by atoms with Crippen LogP contribution in [0.5, 0.6) is 5.88 Å². The maximum Gasteiger partial charge on any atom is 0.325 e. The number of aliphatic carboxylic acids is 1. The molecule has 0 radical (unpaired) electrons. The van der Waals surface area contributed by atoms with Gasteiger partial charge in [0.05, 0.1) is 6.10 Å². The number of ether oxygens (including phenoxy) is 1. The quantitative estimate of drug-likeness (QED) is 0.835. The zero-order chi connectivity index (χ0) is 16.1. The highest BCUT2D eigenvalue weighted by Crippen LogP contribution is 2.11. The van der Waals surface area contributed by atoms with Gasteiger partial charge in [-0.1, -0.05) is 6.07 Å². The van der Waals surface area contributed by atoms with Crippen LogP contribution in [0.4, 0.5) is 5.82 Å². The van der Waals surface area contributed by atoms with E-state index in [1.54, 1.807) is 18.2 Å². The van der Waals surface area contributed by atoms with E-state index in [9.17, 15) is 9.59 Å². The van der Waals surface area contributed by atoms with Crippen LogP contribution in [0.3, 0.4) is 0 Å². The summed E-state index contributed by atoms with van der Waals surface area (Å²) in [5, 5.41) is 15.1. The molecule has 0 aliphatic heterocycles. The van der Waals surface area contributed by atoms with Crippen molar-refractivity contribution in [3.05, 3.63) is 36.2 Å². The van der Waals surface area contributed by atoms with E-state index in [1.807, 2.05) is 13.8 Å². The number of nitrogens with one attached hydrogen (secondary N) is 1. The van der Waals surface area contributed by atoms with Crippen LogP contribution >= 0.6 is 0 Å². The third-order valence-electron chi connectivity index (χ3n) is 2.49. The van der Waals surface area contributed by atoms with Gasteiger partial charge >= 0.3 is 5.97 Å². The fourth-order valence-corrected chi connectivity index (χ4v) is 1.68. The number of rotatable bonds is 6. The zero-order valence-electron chi connectivity index (χ0n) is 12.2. The summed E-state index contributed by atoms with van der Waals surface area (Å²) in [5.74, 6) is -0.849. The number of carboxylic acid groups (broad SMARTS) is 1. The number of carboxylic acids is 1. The lowest BCUT2D eigenvalue weighted by Crippen LogP contribution is -2.16. The number of pyridine rings is 1. The van der Waals surface area contributed by atoms with Crippen LogP contribution in [-0.4, -0.2) is 37.9 Å². The minimum absolute atomic E-state index is 0.0440. The minimum atomic E-state index is -1.01. The molecular weight excluding hydrogens is 288 g/mol. The molecule has 2 aromatic heterocycles. The number of nitrogens with zero attached hydrogens (tertiary/aromatic N) is 3. The Bertz CT molecular complexity index is 681. The predicted molar refractivity (Wildman–Crippen MR) is 77.8 cm³/mol. The zero-order valence-corrected chi connectivity index (χ0v) is 12.2. The van der Waals surface area contributed by atoms with E-state index in [4.69, 9.17) is 9.84 Å². The van der Waals surface area contributed by atoms with Crippen molar-refractivity contribution in [3.63, 3.8) is 0 Å². The molecule has 1 amide bonds. The van der Waals surface area contributed by atoms with Crippen LogP contribution < -0.4 is 10.1 Å². The van der Waals surface area contributed by atoms with Crippen molar-refractivity contribution in [2.45, 2.75) is 26.5 Å². The summed E-state index contributed by atoms with van der Waals surface area (Å²) in [4.78, 5) is 26.8. The summed E-state index contributed by atoms with van der Waals surface area (Å²) in [5.41, 5.74) is 0.186. The molecule has 0 atom stereocenters. The highest BCUT2D eigenvalue weighted by atomic mass is 16.5. The molecule has 22 heavy (non-hydrogen) atoms. The van der Waals surface area contributed by atoms with Crippen LogP contribution in [0.25, 0.3) is 0 Å². The van der Waals surface area contributed by atoms with Gasteiger partial charge in [0, 0.05) is 18.3 Å². The van der Waals surface area contributed by atoms with Crippen molar-refractivity contribution in [2.24, 2.45) is 0 Å². The molecule has 2 heterocycles. The van der Waals surface area contributed by atoms with Crippen molar-refractivity contribution in [2.75, 3.05) is 5.32 Å². The second-order valence-electron chi connectivity index (χ2n) is 4.77. The lowest BCUT2D eigenvalue weighted by atomic mass is 10.3. The van der Waals surface area contributed by atoms with Gasteiger partial charge in [-0.05, 0) is 19.9 Å². The first-order chi connectivity index (χ1) is 10.4. The Labute approximate surface area is 126 Å². The molecule has 0 spiro atoms. The molecule has 2 aromatic rings. The van der Waals surface area contributed by atoms with E-state index in [0.717, 1.165) is 0 Å². The van der Waals surface area contributed by atoms with Gasteiger partial charge in [0.25, 0.3) is 5.91 Å². The Morgan fingerprint density at radius 1 is 1.36 bits per heavy atom. The van der Waals surface area contributed by atoms with Gasteiger partial charge in [0.2, 0.25) is 5.88 Å². The average Bonchev–Trinajstić information content (AvgIpc) is 2.84. The topological polar surface area (TPSA) is 106 Å². The third kappa shape index (κ3) is 4.30. The first-order valence-corrected chi connectivity index (χ1v) is 6.64. The maximum atomic E-state index is 12.1. The molecule has 2 rings (SSSR count). The van der Waals surface area contributed by atoms with Crippen molar-refractivity contribution >= 4 is 17.7 Å². The molecule has 0 fully saturated rings. The molecule has 0 saturated heterocycles. The van der Waals surface area contributed by atoms with E-state index >= 15 is 0 Å². The molecule has 116 valence electrons. The average molecular weight is 304 g/mol. The standard InChI is InChI=1S/C14H16N4O4/c1-9(2)22-12-5-3-4-10(15-12)14(21)16-11-6-7-18(17-11)8-13(19)20/h3-7,9H,8H2,1-2H3,(H,19,20)(H,16,17,21). The molecule has 0 bridgehead atoms. The number of amides is 1. The molecular formula is C14H16N4O4. The summed E-state index contributed by atoms with van der Waals surface area (Å²) < 4.78 is 6.64. The van der Waals surface area contributed by atoms with Crippen LogP contribution in [0.15, 0.2) is 30.5 Å². The highest BCUT2D eigenvalue weighted by molar-refractivity contribution is 6.02. The molecule has 0 aromatic carbocycles. The van der Waals surface area contributed by atoms with Crippen LogP contribution in [0.2, 0.25) is 0 Å². The summed E-state index contributed by atoms with van der Waals surface area (Å²) in [6.45, 7) is 3.46. The van der Waals surface area contributed by atoms with Gasteiger partial charge in [0.1, 0.15) is 12.2 Å². The van der Waals surface area contributed by atoms with Gasteiger partial charge < -0.3 is 15.2 Å². The van der Waals surface area contributed by atoms with Crippen LogP contribution in [0.1, 0.15) is 24.3 Å². The number of carbonyl (C=O) groups excluding carboxylic acids is 1. The van der Waals surface area contributed by atoms with E-state index in [-0.39, 0.29) is 24.2 Å². The van der Waals surface area contributed by atoms with Gasteiger partial charge in [-0.3, -0.25) is 14.3 Å². The number of hydrogen-bond donors (Lipinski definition) is 2. The second kappa shape index (κ2) is 6.70. The molecule has 0 saturated carbocycles. The Kier molecular flexibility index (Phi) is 4.72. The van der Waals surface area contributed by atoms with Crippen LogP contribution in [0, 0.1) is 0 Å². The molecule has 2 N–H and O–H groups in total. The molecule has 0 unspecified atom stereocenters. The molecule has 8 nitrogen and oxygen atoms in total. The number of carbonyl (C=O) groups is 2. The summed E-state index contributed by atoms with van der Waals surface area (Å²) in [6, 6.07) is 6.40. The Morgan fingerprint density at radius 3 is 2.82 bits per heavy atom. The third-order valence-corrected chi connectivity index (χ3v) is 2.49. The second-order valence-corrected chi connectivity index (χ2v) is 4.77. The fraction of sp³-hybridized carbons (Fsp3) is 0.286. The number of anilines is 1.